The molecule has 2 heterocycles. The molecule has 0 aromatic carbocycles. The van der Waals surface area contributed by atoms with Crippen LogP contribution in [0.3, 0.4) is 0 Å². The van der Waals surface area contributed by atoms with Gasteiger partial charge in [0.15, 0.2) is 11.9 Å². The van der Waals surface area contributed by atoms with E-state index < -0.39 is 35.2 Å². The molecular formula is C10H11N5O5. The zero-order valence-corrected chi connectivity index (χ0v) is 10.4. The number of nitro groups is 1. The topological polar surface area (TPSA) is 141 Å². The van der Waals surface area contributed by atoms with Gasteiger partial charge in [-0.05, 0) is 22.9 Å². The quantitative estimate of drug-likeness (QED) is 0.316. The molecule has 0 bridgehead atoms. The summed E-state index contributed by atoms with van der Waals surface area (Å²) in [6, 6.07) is 2.49. The van der Waals surface area contributed by atoms with Gasteiger partial charge < -0.3 is 14.9 Å². The number of fused-ring (bicyclic) bond motifs is 1. The summed E-state index contributed by atoms with van der Waals surface area (Å²) in [6.45, 7) is 1.10. The Morgan fingerprint density at radius 1 is 1.65 bits per heavy atom. The number of hydrogen-bond acceptors (Lipinski definition) is 7. The second-order valence-electron chi connectivity index (χ2n) is 4.00. The van der Waals surface area contributed by atoms with Crippen molar-refractivity contribution in [2.75, 3.05) is 11.4 Å². The zero-order chi connectivity index (χ0) is 14.9. The van der Waals surface area contributed by atoms with Crippen LogP contribution in [-0.4, -0.2) is 34.4 Å². The molecule has 1 aliphatic heterocycles. The van der Waals surface area contributed by atoms with Gasteiger partial charge in [0, 0.05) is 6.07 Å². The third-order valence-corrected chi connectivity index (χ3v) is 2.65. The molecule has 2 amide bonds. The Hall–Kier alpha value is -2.75. The Kier molecular flexibility index (Phi) is 3.48. The van der Waals surface area contributed by atoms with Crippen LogP contribution in [0.1, 0.15) is 6.92 Å². The maximum Gasteiger partial charge on any atom is 0.366 e. The molecule has 20 heavy (non-hydrogen) atoms. The molecule has 0 aliphatic carbocycles. The summed E-state index contributed by atoms with van der Waals surface area (Å²) < 4.78 is 5.28. The number of nitrogens with one attached hydrogen (secondary N) is 1. The first-order chi connectivity index (χ1) is 9.43. The number of amides is 2. The number of aromatic nitrogens is 1. The molecule has 1 aromatic heterocycles. The molecule has 3 N–H and O–H groups in total. The summed E-state index contributed by atoms with van der Waals surface area (Å²) in [5, 5.41) is 10.7. The van der Waals surface area contributed by atoms with Gasteiger partial charge in [-0.25, -0.2) is 5.84 Å². The highest BCUT2D eigenvalue weighted by molar-refractivity contribution is 6.02. The molecule has 106 valence electrons. The lowest BCUT2D eigenvalue weighted by Crippen LogP contribution is -2.50. The van der Waals surface area contributed by atoms with E-state index in [9.17, 15) is 19.7 Å². The molecule has 0 radical (unpaired) electrons. The van der Waals surface area contributed by atoms with Gasteiger partial charge >= 0.3 is 5.82 Å². The van der Waals surface area contributed by atoms with Crippen LogP contribution in [0.5, 0.6) is 5.75 Å². The fourth-order valence-corrected chi connectivity index (χ4v) is 1.72. The molecule has 10 nitrogen and oxygen atoms in total. The van der Waals surface area contributed by atoms with Crippen molar-refractivity contribution in [1.29, 1.82) is 0 Å². The number of carbonyl (C=O) groups is 2. The minimum Gasteiger partial charge on any atom is -0.475 e. The fraction of sp³-hybridized carbons (Fsp3) is 0.300. The second-order valence-corrected chi connectivity index (χ2v) is 4.00. The van der Waals surface area contributed by atoms with E-state index in [0.29, 0.717) is 0 Å². The first-order valence-corrected chi connectivity index (χ1v) is 5.57. The third kappa shape index (κ3) is 2.36. The van der Waals surface area contributed by atoms with Gasteiger partial charge in [0.05, 0.1) is 0 Å². The fourth-order valence-electron chi connectivity index (χ4n) is 1.72. The number of ether oxygens (including phenoxy) is 1. The maximum atomic E-state index is 12.0. The number of hydrogen-bond donors (Lipinski definition) is 2. The van der Waals surface area contributed by atoms with Crippen molar-refractivity contribution in [3.05, 3.63) is 22.2 Å². The van der Waals surface area contributed by atoms with Crippen LogP contribution >= 0.6 is 0 Å². The highest BCUT2D eigenvalue weighted by atomic mass is 16.6. The van der Waals surface area contributed by atoms with Crippen molar-refractivity contribution in [3.8, 4) is 5.75 Å². The smallest absolute Gasteiger partial charge is 0.366 e. The van der Waals surface area contributed by atoms with E-state index in [1.165, 1.54) is 13.0 Å². The van der Waals surface area contributed by atoms with Gasteiger partial charge in [-0.15, -0.1) is 0 Å². The Morgan fingerprint density at radius 3 is 2.95 bits per heavy atom. The van der Waals surface area contributed by atoms with Crippen LogP contribution in [-0.2, 0) is 9.59 Å². The molecular weight excluding hydrogens is 270 g/mol. The number of rotatable bonds is 3. The lowest BCUT2D eigenvalue weighted by atomic mass is 10.2. The van der Waals surface area contributed by atoms with Crippen molar-refractivity contribution >= 4 is 23.5 Å². The number of nitrogens with two attached hydrogens (primary N) is 1. The second kappa shape index (κ2) is 5.09. The van der Waals surface area contributed by atoms with Crippen LogP contribution in [0, 0.1) is 10.1 Å². The van der Waals surface area contributed by atoms with Crippen molar-refractivity contribution < 1.29 is 19.2 Å². The van der Waals surface area contributed by atoms with E-state index >= 15 is 0 Å². The van der Waals surface area contributed by atoms with Crippen LogP contribution < -0.4 is 20.9 Å². The van der Waals surface area contributed by atoms with Gasteiger partial charge in [-0.2, -0.15) is 0 Å². The maximum absolute atomic E-state index is 12.0. The summed E-state index contributed by atoms with van der Waals surface area (Å²) >= 11 is 0. The average Bonchev–Trinajstić information content (AvgIpc) is 2.43. The van der Waals surface area contributed by atoms with E-state index in [1.807, 2.05) is 5.43 Å². The summed E-state index contributed by atoms with van der Waals surface area (Å²) in [6.07, 6.45) is -0.823. The largest absolute Gasteiger partial charge is 0.475 e. The summed E-state index contributed by atoms with van der Waals surface area (Å²) in [4.78, 5) is 38.1. The van der Waals surface area contributed by atoms with Gasteiger partial charge in [0.1, 0.15) is 6.54 Å². The van der Waals surface area contributed by atoms with E-state index in [4.69, 9.17) is 10.6 Å². The molecule has 1 atom stereocenters. The Balaban J connectivity index is 2.46. The lowest BCUT2D eigenvalue weighted by Gasteiger charge is -2.28. The molecule has 2 rings (SSSR count). The van der Waals surface area contributed by atoms with Crippen LogP contribution in [0.15, 0.2) is 12.1 Å². The SMILES string of the molecule is CC1Oc2ccc([N+](=O)[O-])nc2N(CC(=O)NN)C1=O. The Morgan fingerprint density at radius 2 is 2.35 bits per heavy atom. The number of carbonyl (C=O) groups excluding carboxylic acids is 2. The molecule has 1 aromatic rings. The summed E-state index contributed by atoms with van der Waals surface area (Å²) in [7, 11) is 0. The number of anilines is 1. The van der Waals surface area contributed by atoms with E-state index in [1.54, 1.807) is 0 Å². The number of hydrazine groups is 1. The summed E-state index contributed by atoms with van der Waals surface area (Å²) in [5.41, 5.74) is 1.88. The van der Waals surface area contributed by atoms with Gasteiger partial charge in [0.25, 0.3) is 17.6 Å². The minimum absolute atomic E-state index is 0.0779. The number of nitrogens with zero attached hydrogens (tertiary/aromatic N) is 3. The first-order valence-electron chi connectivity index (χ1n) is 5.57. The molecule has 0 fully saturated rings. The average molecular weight is 281 g/mol. The Bertz CT molecular complexity index is 589. The normalized spacial score (nSPS) is 17.2. The minimum atomic E-state index is -0.823. The van der Waals surface area contributed by atoms with Crippen LogP contribution in [0.25, 0.3) is 0 Å². The molecule has 10 heteroatoms. The molecule has 0 saturated carbocycles. The molecule has 0 spiro atoms. The van der Waals surface area contributed by atoms with Crippen LogP contribution in [0.2, 0.25) is 0 Å². The molecule has 0 saturated heterocycles. The first kappa shape index (κ1) is 13.7. The van der Waals surface area contributed by atoms with Gasteiger partial charge in [-0.1, -0.05) is 0 Å². The highest BCUT2D eigenvalue weighted by Gasteiger charge is 2.37. The van der Waals surface area contributed by atoms with Gasteiger partial charge in [-0.3, -0.25) is 19.9 Å². The predicted octanol–water partition coefficient (Wildman–Crippen LogP) is -0.906. The monoisotopic (exact) mass is 281 g/mol. The van der Waals surface area contributed by atoms with Crippen molar-refractivity contribution in [1.82, 2.24) is 10.4 Å². The standard InChI is InChI=1S/C10H11N5O5/c1-5-10(17)14(4-8(16)13-11)9-6(20-5)2-3-7(12-9)15(18)19/h2-3,5H,4,11H2,1H3,(H,13,16). The predicted molar refractivity (Wildman–Crippen MR) is 65.7 cm³/mol. The molecule has 1 aliphatic rings. The Labute approximate surface area is 112 Å². The van der Waals surface area contributed by atoms with E-state index in [2.05, 4.69) is 4.98 Å². The molecule has 1 unspecified atom stereocenters. The zero-order valence-electron chi connectivity index (χ0n) is 10.4. The van der Waals surface area contributed by atoms with E-state index in [0.717, 1.165) is 11.0 Å². The van der Waals surface area contributed by atoms with Crippen molar-refractivity contribution in [3.63, 3.8) is 0 Å². The van der Waals surface area contributed by atoms with E-state index in [-0.39, 0.29) is 11.6 Å². The number of pyridine rings is 1. The van der Waals surface area contributed by atoms with Gasteiger partial charge in [0.2, 0.25) is 0 Å². The lowest BCUT2D eigenvalue weighted by molar-refractivity contribution is -0.389. The third-order valence-electron chi connectivity index (χ3n) is 2.65. The van der Waals surface area contributed by atoms with Crippen molar-refractivity contribution in [2.24, 2.45) is 5.84 Å². The van der Waals surface area contributed by atoms with Crippen LogP contribution in [0.4, 0.5) is 11.6 Å². The van der Waals surface area contributed by atoms with Crippen molar-refractivity contribution in [2.45, 2.75) is 13.0 Å². The highest BCUT2D eigenvalue weighted by Crippen LogP contribution is 2.33. The summed E-state index contributed by atoms with van der Waals surface area (Å²) in [5.74, 6) is 3.46.